The number of hydrogen-bond donors (Lipinski definition) is 2. The first-order valence-electron chi connectivity index (χ1n) is 12.6. The summed E-state index contributed by atoms with van der Waals surface area (Å²) in [5.74, 6) is 1.18. The van der Waals surface area contributed by atoms with Crippen molar-refractivity contribution >= 4 is 5.91 Å². The number of amides is 1. The minimum atomic E-state index is -0.472. The molecule has 2 aromatic carbocycles. The van der Waals surface area contributed by atoms with Gasteiger partial charge in [-0.05, 0) is 66.9 Å². The highest BCUT2D eigenvalue weighted by Gasteiger charge is 2.23. The molecule has 11 nitrogen and oxygen atoms in total. The van der Waals surface area contributed by atoms with E-state index in [2.05, 4.69) is 30.8 Å². The number of carbonyl (C=O) groups excluding carboxylic acids is 1. The number of nitrogens with one attached hydrogen (secondary N) is 2. The van der Waals surface area contributed by atoms with Gasteiger partial charge in [-0.2, -0.15) is 4.39 Å². The topological polar surface area (TPSA) is 124 Å². The van der Waals surface area contributed by atoms with Crippen LogP contribution in [0, 0.1) is 5.82 Å². The maximum Gasteiger partial charge on any atom is 0.251 e. The van der Waals surface area contributed by atoms with Gasteiger partial charge >= 0.3 is 0 Å². The normalized spacial score (nSPS) is 14.2. The van der Waals surface area contributed by atoms with Crippen LogP contribution in [0.15, 0.2) is 30.3 Å². The predicted octanol–water partition coefficient (Wildman–Crippen LogP) is 3.12. The summed E-state index contributed by atoms with van der Waals surface area (Å²) in [7, 11) is 1.53. The van der Waals surface area contributed by atoms with E-state index in [-0.39, 0.29) is 30.1 Å². The first-order chi connectivity index (χ1) is 18.5. The number of aromatic amines is 1. The average Bonchev–Trinajstić information content (AvgIpc) is 3.45. The molecule has 38 heavy (non-hydrogen) atoms. The number of carbonyl (C=O) groups is 1. The monoisotopic (exact) mass is 528 g/mol. The lowest BCUT2D eigenvalue weighted by molar-refractivity contribution is 0.0908. The molecule has 4 rings (SSSR count). The molecular formula is C26H33FN6O5. The van der Waals surface area contributed by atoms with E-state index in [1.807, 2.05) is 13.8 Å². The number of aromatic nitrogens is 4. The van der Waals surface area contributed by atoms with Gasteiger partial charge in [-0.3, -0.25) is 9.69 Å². The van der Waals surface area contributed by atoms with Gasteiger partial charge in [0, 0.05) is 37.3 Å². The van der Waals surface area contributed by atoms with E-state index < -0.39 is 5.82 Å². The molecule has 0 radical (unpaired) electrons. The molecule has 3 aromatic rings. The van der Waals surface area contributed by atoms with E-state index >= 15 is 0 Å². The molecule has 2 N–H and O–H groups in total. The Balaban J connectivity index is 1.33. The molecule has 0 spiro atoms. The number of likely N-dealkylation sites (tertiary alicyclic amines) is 1. The number of hydrogen-bond acceptors (Lipinski definition) is 9. The highest BCUT2D eigenvalue weighted by Crippen LogP contribution is 2.30. The van der Waals surface area contributed by atoms with Crippen LogP contribution in [0.1, 0.15) is 48.4 Å². The molecule has 0 unspecified atom stereocenters. The van der Waals surface area contributed by atoms with Crippen molar-refractivity contribution in [1.82, 2.24) is 30.8 Å². The molecule has 1 fully saturated rings. The molecule has 0 bridgehead atoms. The van der Waals surface area contributed by atoms with Crippen molar-refractivity contribution < 1.29 is 28.1 Å². The Bertz CT molecular complexity index is 1170. The standard InChI is InChI=1S/C26H33FN6O5/c1-4-36-22-10-17(11-23(25(22)27)37-5-2)15-33-8-6-19(7-9-33)28-26(34)18-12-20(35-3)14-21(13-18)38-16-24-29-31-32-30-24/h10-14,19H,4-9,15-16H2,1-3H3,(H,28,34)(H,29,30,31,32). The summed E-state index contributed by atoms with van der Waals surface area (Å²) in [5.41, 5.74) is 1.36. The van der Waals surface area contributed by atoms with Crippen LogP contribution in [0.4, 0.5) is 4.39 Å². The minimum absolute atomic E-state index is 0.0285. The number of rotatable bonds is 12. The lowest BCUT2D eigenvalue weighted by atomic mass is 10.0. The fourth-order valence-electron chi connectivity index (χ4n) is 4.30. The van der Waals surface area contributed by atoms with Crippen molar-refractivity contribution in [1.29, 1.82) is 0 Å². The highest BCUT2D eigenvalue weighted by atomic mass is 19.1. The Kier molecular flexibility index (Phi) is 9.30. The zero-order valence-corrected chi connectivity index (χ0v) is 21.8. The van der Waals surface area contributed by atoms with Gasteiger partial charge in [0.1, 0.15) is 18.1 Å². The molecule has 1 amide bonds. The number of piperidine rings is 1. The average molecular weight is 529 g/mol. The number of ether oxygens (including phenoxy) is 4. The van der Waals surface area contributed by atoms with Gasteiger partial charge in [0.25, 0.3) is 5.91 Å². The molecular weight excluding hydrogens is 495 g/mol. The molecule has 12 heteroatoms. The van der Waals surface area contributed by atoms with E-state index in [1.54, 1.807) is 30.3 Å². The van der Waals surface area contributed by atoms with Crippen LogP contribution >= 0.6 is 0 Å². The number of tetrazole rings is 1. The summed E-state index contributed by atoms with van der Waals surface area (Å²) in [6.07, 6.45) is 1.57. The molecule has 0 aliphatic carbocycles. The van der Waals surface area contributed by atoms with Gasteiger partial charge in [0.2, 0.25) is 5.82 Å². The van der Waals surface area contributed by atoms with Crippen molar-refractivity contribution in [3.05, 3.63) is 53.1 Å². The summed E-state index contributed by atoms with van der Waals surface area (Å²) in [6, 6.07) is 8.53. The van der Waals surface area contributed by atoms with Crippen molar-refractivity contribution in [2.75, 3.05) is 33.4 Å². The predicted molar refractivity (Wildman–Crippen MR) is 136 cm³/mol. The van der Waals surface area contributed by atoms with Crippen LogP contribution in [-0.2, 0) is 13.2 Å². The summed E-state index contributed by atoms with van der Waals surface area (Å²) >= 11 is 0. The van der Waals surface area contributed by atoms with Crippen LogP contribution in [0.5, 0.6) is 23.0 Å². The van der Waals surface area contributed by atoms with Crippen LogP contribution in [0.2, 0.25) is 0 Å². The fraction of sp³-hybridized carbons (Fsp3) is 0.462. The second-order valence-electron chi connectivity index (χ2n) is 8.83. The molecule has 204 valence electrons. The Hall–Kier alpha value is -3.93. The van der Waals surface area contributed by atoms with E-state index in [0.717, 1.165) is 31.5 Å². The Morgan fingerprint density at radius 2 is 1.74 bits per heavy atom. The first-order valence-corrected chi connectivity index (χ1v) is 12.6. The third-order valence-electron chi connectivity index (χ3n) is 6.14. The van der Waals surface area contributed by atoms with E-state index in [0.29, 0.717) is 42.6 Å². The molecule has 0 saturated carbocycles. The largest absolute Gasteiger partial charge is 0.497 e. The zero-order valence-electron chi connectivity index (χ0n) is 21.8. The number of methoxy groups -OCH3 is 1. The van der Waals surface area contributed by atoms with Crippen LogP contribution in [0.3, 0.4) is 0 Å². The lowest BCUT2D eigenvalue weighted by Crippen LogP contribution is -2.44. The fourth-order valence-corrected chi connectivity index (χ4v) is 4.30. The maximum absolute atomic E-state index is 14.6. The molecule has 1 aromatic heterocycles. The summed E-state index contributed by atoms with van der Waals surface area (Å²) in [5, 5.41) is 16.6. The highest BCUT2D eigenvalue weighted by molar-refractivity contribution is 5.95. The SMILES string of the molecule is CCOc1cc(CN2CCC(NC(=O)c3cc(OC)cc(OCc4nnn[nH]4)c3)CC2)cc(OCC)c1F. The van der Waals surface area contributed by atoms with E-state index in [9.17, 15) is 9.18 Å². The molecule has 0 atom stereocenters. The second kappa shape index (κ2) is 13.0. The van der Waals surface area contributed by atoms with Crippen LogP contribution in [0.25, 0.3) is 0 Å². The zero-order chi connectivity index (χ0) is 26.9. The van der Waals surface area contributed by atoms with E-state index in [1.165, 1.54) is 7.11 Å². The lowest BCUT2D eigenvalue weighted by Gasteiger charge is -2.32. The molecule has 1 aliphatic rings. The van der Waals surface area contributed by atoms with E-state index in [4.69, 9.17) is 18.9 Å². The van der Waals surface area contributed by atoms with Crippen LogP contribution in [-0.4, -0.2) is 70.9 Å². The third-order valence-corrected chi connectivity index (χ3v) is 6.14. The molecule has 1 aliphatic heterocycles. The first kappa shape index (κ1) is 27.1. The Morgan fingerprint density at radius 3 is 2.34 bits per heavy atom. The number of benzene rings is 2. The van der Waals surface area contributed by atoms with Crippen molar-refractivity contribution in [3.8, 4) is 23.0 Å². The Labute approximate surface area is 220 Å². The van der Waals surface area contributed by atoms with Gasteiger partial charge in [-0.25, -0.2) is 5.10 Å². The third kappa shape index (κ3) is 7.09. The van der Waals surface area contributed by atoms with Gasteiger partial charge in [0.15, 0.2) is 17.3 Å². The van der Waals surface area contributed by atoms with Gasteiger partial charge < -0.3 is 24.3 Å². The molecule has 2 heterocycles. The van der Waals surface area contributed by atoms with Gasteiger partial charge in [-0.1, -0.05) is 0 Å². The maximum atomic E-state index is 14.6. The van der Waals surface area contributed by atoms with Crippen molar-refractivity contribution in [2.45, 2.75) is 45.9 Å². The number of nitrogens with zero attached hydrogens (tertiary/aromatic N) is 4. The van der Waals surface area contributed by atoms with Crippen molar-refractivity contribution in [2.24, 2.45) is 0 Å². The smallest absolute Gasteiger partial charge is 0.251 e. The second-order valence-corrected chi connectivity index (χ2v) is 8.83. The van der Waals surface area contributed by atoms with Gasteiger partial charge in [0.05, 0.1) is 20.3 Å². The van der Waals surface area contributed by atoms with Crippen molar-refractivity contribution in [3.63, 3.8) is 0 Å². The summed E-state index contributed by atoms with van der Waals surface area (Å²) in [4.78, 5) is 15.3. The number of halogens is 1. The summed E-state index contributed by atoms with van der Waals surface area (Å²) in [6.45, 7) is 6.72. The molecule has 1 saturated heterocycles. The Morgan fingerprint density at radius 1 is 1.05 bits per heavy atom. The van der Waals surface area contributed by atoms with Gasteiger partial charge in [-0.15, -0.1) is 5.10 Å². The number of H-pyrrole nitrogens is 1. The minimum Gasteiger partial charge on any atom is -0.497 e. The quantitative estimate of drug-likeness (QED) is 0.365. The summed E-state index contributed by atoms with van der Waals surface area (Å²) < 4.78 is 36.6. The van der Waals surface area contributed by atoms with Crippen LogP contribution < -0.4 is 24.3 Å².